The molecule has 0 aromatic carbocycles. The van der Waals surface area contributed by atoms with Crippen LogP contribution in [-0.4, -0.2) is 14.8 Å². The molecule has 1 heterocycles. The van der Waals surface area contributed by atoms with E-state index in [2.05, 4.69) is 23.9 Å². The number of hydrogen-bond acceptors (Lipinski definition) is 2. The average molecular weight is 137 g/mol. The molecule has 1 fully saturated rings. The highest BCUT2D eigenvalue weighted by Gasteiger charge is 2.47. The van der Waals surface area contributed by atoms with Gasteiger partial charge in [-0.2, -0.15) is 5.10 Å². The van der Waals surface area contributed by atoms with E-state index in [0.717, 1.165) is 0 Å². The van der Waals surface area contributed by atoms with Crippen LogP contribution in [0.4, 0.5) is 0 Å². The van der Waals surface area contributed by atoms with Crippen molar-refractivity contribution in [2.45, 2.75) is 26.3 Å². The Hall–Kier alpha value is -0.860. The Kier molecular flexibility index (Phi) is 0.938. The van der Waals surface area contributed by atoms with Crippen LogP contribution in [0.5, 0.6) is 0 Å². The molecule has 1 aromatic heterocycles. The highest BCUT2D eigenvalue weighted by atomic mass is 15.4. The number of aromatic nitrogens is 3. The average Bonchev–Trinajstić information content (AvgIpc) is 2.31. The Balaban J connectivity index is 2.19. The molecule has 3 nitrogen and oxygen atoms in total. The topological polar surface area (TPSA) is 30.7 Å². The molecule has 0 radical (unpaired) electrons. The van der Waals surface area contributed by atoms with Crippen LogP contribution in [0.1, 0.15) is 26.3 Å². The normalized spacial score (nSPS) is 28.4. The fourth-order valence-corrected chi connectivity index (χ4v) is 1.27. The molecule has 2 rings (SSSR count). The molecule has 1 saturated carbocycles. The fraction of sp³-hybridized carbons (Fsp3) is 0.714. The third kappa shape index (κ3) is 0.735. The van der Waals surface area contributed by atoms with Crippen molar-refractivity contribution in [1.29, 1.82) is 0 Å². The lowest BCUT2D eigenvalue weighted by molar-refractivity contribution is 0.504. The summed E-state index contributed by atoms with van der Waals surface area (Å²) in [7, 11) is 0. The van der Waals surface area contributed by atoms with E-state index in [9.17, 15) is 0 Å². The molecule has 1 unspecified atom stereocenters. The second-order valence-electron chi connectivity index (χ2n) is 3.58. The predicted octanol–water partition coefficient (Wildman–Crippen LogP) is 1.25. The van der Waals surface area contributed by atoms with Crippen molar-refractivity contribution < 1.29 is 0 Å². The minimum Gasteiger partial charge on any atom is -0.249 e. The van der Waals surface area contributed by atoms with Gasteiger partial charge in [0.25, 0.3) is 0 Å². The standard InChI is InChI=1S/C7H11N3/c1-7(2)3-6(7)10-5-8-4-9-10/h4-6H,3H2,1-2H3. The molecule has 3 heteroatoms. The summed E-state index contributed by atoms with van der Waals surface area (Å²) in [6, 6.07) is 0.593. The molecule has 0 saturated heterocycles. The van der Waals surface area contributed by atoms with E-state index in [1.54, 1.807) is 12.7 Å². The Morgan fingerprint density at radius 1 is 1.60 bits per heavy atom. The number of nitrogens with zero attached hydrogens (tertiary/aromatic N) is 3. The molecule has 1 aliphatic rings. The van der Waals surface area contributed by atoms with E-state index >= 15 is 0 Å². The first kappa shape index (κ1) is 5.89. The van der Waals surface area contributed by atoms with Crippen molar-refractivity contribution in [2.75, 3.05) is 0 Å². The Bertz CT molecular complexity index is 225. The van der Waals surface area contributed by atoms with Crippen molar-refractivity contribution in [3.8, 4) is 0 Å². The van der Waals surface area contributed by atoms with Crippen molar-refractivity contribution in [3.63, 3.8) is 0 Å². The minimum atomic E-state index is 0.452. The molecule has 0 amide bonds. The predicted molar refractivity (Wildman–Crippen MR) is 37.5 cm³/mol. The van der Waals surface area contributed by atoms with Crippen molar-refractivity contribution in [1.82, 2.24) is 14.8 Å². The van der Waals surface area contributed by atoms with E-state index in [0.29, 0.717) is 11.5 Å². The second-order valence-corrected chi connectivity index (χ2v) is 3.58. The SMILES string of the molecule is CC1(C)CC1n1cncn1. The van der Waals surface area contributed by atoms with Gasteiger partial charge < -0.3 is 0 Å². The van der Waals surface area contributed by atoms with Crippen LogP contribution >= 0.6 is 0 Å². The van der Waals surface area contributed by atoms with Crippen molar-refractivity contribution >= 4 is 0 Å². The maximum absolute atomic E-state index is 4.08. The third-order valence-electron chi connectivity index (χ3n) is 2.22. The summed E-state index contributed by atoms with van der Waals surface area (Å²) in [5.74, 6) is 0. The molecular weight excluding hydrogens is 126 g/mol. The van der Waals surface area contributed by atoms with Crippen LogP contribution in [-0.2, 0) is 0 Å². The largest absolute Gasteiger partial charge is 0.249 e. The van der Waals surface area contributed by atoms with E-state index in [4.69, 9.17) is 0 Å². The maximum atomic E-state index is 4.08. The molecule has 0 spiro atoms. The first-order chi connectivity index (χ1) is 4.70. The summed E-state index contributed by atoms with van der Waals surface area (Å²) in [5.41, 5.74) is 0.452. The summed E-state index contributed by atoms with van der Waals surface area (Å²) in [4.78, 5) is 3.90. The zero-order chi connectivity index (χ0) is 7.19. The highest BCUT2D eigenvalue weighted by molar-refractivity contribution is 4.98. The monoisotopic (exact) mass is 137 g/mol. The van der Waals surface area contributed by atoms with Gasteiger partial charge in [0.05, 0.1) is 6.04 Å². The Labute approximate surface area is 60.1 Å². The Morgan fingerprint density at radius 2 is 2.30 bits per heavy atom. The summed E-state index contributed by atoms with van der Waals surface area (Å²) in [5, 5.41) is 4.08. The van der Waals surface area contributed by atoms with E-state index in [-0.39, 0.29) is 0 Å². The summed E-state index contributed by atoms with van der Waals surface area (Å²) in [6.07, 6.45) is 4.62. The molecule has 1 atom stereocenters. The molecule has 1 aromatic rings. The molecule has 1 aliphatic carbocycles. The zero-order valence-electron chi connectivity index (χ0n) is 6.28. The minimum absolute atomic E-state index is 0.452. The van der Waals surface area contributed by atoms with Crippen molar-refractivity contribution in [2.24, 2.45) is 5.41 Å². The van der Waals surface area contributed by atoms with Crippen LogP contribution in [0.25, 0.3) is 0 Å². The highest BCUT2D eigenvalue weighted by Crippen LogP contribution is 2.54. The quantitative estimate of drug-likeness (QED) is 0.583. The lowest BCUT2D eigenvalue weighted by Gasteiger charge is -2.00. The van der Waals surface area contributed by atoms with Crippen molar-refractivity contribution in [3.05, 3.63) is 12.7 Å². The van der Waals surface area contributed by atoms with E-state index < -0.39 is 0 Å². The molecule has 10 heavy (non-hydrogen) atoms. The molecule has 0 aliphatic heterocycles. The summed E-state index contributed by atoms with van der Waals surface area (Å²) >= 11 is 0. The smallest absolute Gasteiger partial charge is 0.137 e. The van der Waals surface area contributed by atoms with E-state index in [1.807, 2.05) is 4.68 Å². The van der Waals surface area contributed by atoms with Gasteiger partial charge in [-0.3, -0.25) is 0 Å². The third-order valence-corrected chi connectivity index (χ3v) is 2.22. The second kappa shape index (κ2) is 1.59. The first-order valence-electron chi connectivity index (χ1n) is 3.54. The van der Waals surface area contributed by atoms with Crippen LogP contribution in [0.3, 0.4) is 0 Å². The Morgan fingerprint density at radius 3 is 2.70 bits per heavy atom. The lowest BCUT2D eigenvalue weighted by atomic mass is 10.2. The molecule has 0 N–H and O–H groups in total. The number of hydrogen-bond donors (Lipinski definition) is 0. The lowest BCUT2D eigenvalue weighted by Crippen LogP contribution is -1.99. The summed E-state index contributed by atoms with van der Waals surface area (Å²) < 4.78 is 1.94. The number of rotatable bonds is 1. The van der Waals surface area contributed by atoms with Gasteiger partial charge in [-0.1, -0.05) is 13.8 Å². The maximum Gasteiger partial charge on any atom is 0.137 e. The van der Waals surface area contributed by atoms with Gasteiger partial charge in [0, 0.05) is 0 Å². The van der Waals surface area contributed by atoms with Gasteiger partial charge in [-0.05, 0) is 11.8 Å². The van der Waals surface area contributed by atoms with Crippen LogP contribution in [0.15, 0.2) is 12.7 Å². The van der Waals surface area contributed by atoms with Crippen LogP contribution < -0.4 is 0 Å². The molecular formula is C7H11N3. The van der Waals surface area contributed by atoms with Gasteiger partial charge in [-0.15, -0.1) is 0 Å². The molecule has 54 valence electrons. The zero-order valence-corrected chi connectivity index (χ0v) is 6.28. The van der Waals surface area contributed by atoms with Gasteiger partial charge in [0.2, 0.25) is 0 Å². The van der Waals surface area contributed by atoms with Gasteiger partial charge in [0.15, 0.2) is 0 Å². The molecule has 0 bridgehead atoms. The van der Waals surface area contributed by atoms with Gasteiger partial charge >= 0.3 is 0 Å². The summed E-state index contributed by atoms with van der Waals surface area (Å²) in [6.45, 7) is 4.50. The van der Waals surface area contributed by atoms with Gasteiger partial charge in [0.1, 0.15) is 12.7 Å². The fourth-order valence-electron chi connectivity index (χ4n) is 1.27. The first-order valence-corrected chi connectivity index (χ1v) is 3.54. The van der Waals surface area contributed by atoms with Gasteiger partial charge in [-0.25, -0.2) is 9.67 Å². The van der Waals surface area contributed by atoms with Crippen LogP contribution in [0, 0.1) is 5.41 Å². The van der Waals surface area contributed by atoms with E-state index in [1.165, 1.54) is 6.42 Å². The van der Waals surface area contributed by atoms with Crippen LogP contribution in [0.2, 0.25) is 0 Å².